The van der Waals surface area contributed by atoms with Crippen LogP contribution in [0.3, 0.4) is 0 Å². The Kier molecular flexibility index (Phi) is 5.46. The number of carbonyl (C=O) groups is 1. The van der Waals surface area contributed by atoms with Crippen LogP contribution in [0.1, 0.15) is 24.6 Å². The van der Waals surface area contributed by atoms with E-state index in [1.165, 1.54) is 17.8 Å². The van der Waals surface area contributed by atoms with E-state index in [2.05, 4.69) is 15.6 Å². The Morgan fingerprint density at radius 1 is 1.58 bits per heavy atom. The maximum atomic E-state index is 11.8. The van der Waals surface area contributed by atoms with Crippen molar-refractivity contribution in [2.45, 2.75) is 38.2 Å². The first-order chi connectivity index (χ1) is 11.3. The SMILES string of the molecule is Cc1cn([C@H]2C[C@H](O)[C@@H](CCNC(=O)N(C)N=O)O2)c(=O)[nH]c1=O. The molecule has 2 heterocycles. The van der Waals surface area contributed by atoms with Gasteiger partial charge in [-0.15, -0.1) is 4.91 Å². The van der Waals surface area contributed by atoms with Gasteiger partial charge in [-0.2, -0.15) is 5.01 Å². The quantitative estimate of drug-likeness (QED) is 0.472. The number of ether oxygens (including phenoxy) is 1. The molecule has 3 N–H and O–H groups in total. The van der Waals surface area contributed by atoms with Crippen molar-refractivity contribution < 1.29 is 14.6 Å². The van der Waals surface area contributed by atoms with E-state index >= 15 is 0 Å². The molecule has 1 fully saturated rings. The predicted molar refractivity (Wildman–Crippen MR) is 82.2 cm³/mol. The molecule has 2 amide bonds. The van der Waals surface area contributed by atoms with Crippen LogP contribution in [-0.4, -0.2) is 51.5 Å². The van der Waals surface area contributed by atoms with Crippen molar-refractivity contribution >= 4 is 6.03 Å². The number of aromatic nitrogens is 2. The van der Waals surface area contributed by atoms with Crippen molar-refractivity contribution in [2.24, 2.45) is 5.29 Å². The number of carbonyl (C=O) groups excluding carboxylic acids is 1. The molecule has 2 rings (SSSR count). The van der Waals surface area contributed by atoms with Gasteiger partial charge < -0.3 is 15.2 Å². The van der Waals surface area contributed by atoms with Crippen molar-refractivity contribution in [3.05, 3.63) is 37.5 Å². The summed E-state index contributed by atoms with van der Waals surface area (Å²) in [5, 5.41) is 15.6. The lowest BCUT2D eigenvalue weighted by atomic mass is 10.1. The number of hydrogen-bond donors (Lipinski definition) is 3. The number of nitroso groups, excluding NO2 is 1. The Hall–Kier alpha value is -2.53. The summed E-state index contributed by atoms with van der Waals surface area (Å²) >= 11 is 0. The molecule has 1 aromatic heterocycles. The molecule has 1 aromatic rings. The Morgan fingerprint density at radius 2 is 2.29 bits per heavy atom. The van der Waals surface area contributed by atoms with Gasteiger partial charge in [0.15, 0.2) is 0 Å². The predicted octanol–water partition coefficient (Wildman–Crippen LogP) is -0.794. The number of aliphatic hydroxyl groups is 1. The number of nitrogens with zero attached hydrogens (tertiary/aromatic N) is 3. The molecule has 0 aliphatic carbocycles. The number of H-pyrrole nitrogens is 1. The number of hydrogen-bond acceptors (Lipinski definition) is 7. The van der Waals surface area contributed by atoms with Gasteiger partial charge in [0.2, 0.25) is 0 Å². The number of aryl methyl sites for hydroxylation is 1. The Bertz CT molecular complexity index is 728. The smallest absolute Gasteiger partial charge is 0.340 e. The molecule has 132 valence electrons. The largest absolute Gasteiger partial charge is 0.390 e. The molecule has 24 heavy (non-hydrogen) atoms. The van der Waals surface area contributed by atoms with Crippen LogP contribution in [0.15, 0.2) is 21.1 Å². The minimum atomic E-state index is -0.826. The number of rotatable bonds is 5. The first kappa shape index (κ1) is 17.8. The number of aliphatic hydroxyl groups excluding tert-OH is 1. The molecule has 0 radical (unpaired) electrons. The number of nitrogens with one attached hydrogen (secondary N) is 2. The summed E-state index contributed by atoms with van der Waals surface area (Å²) in [7, 11) is 1.21. The van der Waals surface area contributed by atoms with Crippen LogP contribution >= 0.6 is 0 Å². The highest BCUT2D eigenvalue weighted by atomic mass is 16.5. The summed E-state index contributed by atoms with van der Waals surface area (Å²) in [6.45, 7) is 1.72. The third-order valence-corrected chi connectivity index (χ3v) is 3.78. The molecule has 0 spiro atoms. The van der Waals surface area contributed by atoms with E-state index < -0.39 is 35.7 Å². The van der Waals surface area contributed by atoms with Crippen LogP contribution in [0.4, 0.5) is 4.79 Å². The van der Waals surface area contributed by atoms with Crippen LogP contribution in [0.2, 0.25) is 0 Å². The summed E-state index contributed by atoms with van der Waals surface area (Å²) in [4.78, 5) is 47.0. The summed E-state index contributed by atoms with van der Waals surface area (Å²) in [5.74, 6) is 0. The zero-order valence-corrected chi connectivity index (χ0v) is 13.3. The van der Waals surface area contributed by atoms with Gasteiger partial charge in [-0.3, -0.25) is 14.3 Å². The van der Waals surface area contributed by atoms with E-state index in [0.29, 0.717) is 10.6 Å². The van der Waals surface area contributed by atoms with Gasteiger partial charge in [-0.25, -0.2) is 9.59 Å². The maximum absolute atomic E-state index is 11.8. The third kappa shape index (κ3) is 3.86. The van der Waals surface area contributed by atoms with E-state index in [-0.39, 0.29) is 19.4 Å². The molecule has 1 aliphatic heterocycles. The molecule has 11 nitrogen and oxygen atoms in total. The molecule has 1 aliphatic rings. The molecule has 11 heteroatoms. The van der Waals surface area contributed by atoms with Gasteiger partial charge >= 0.3 is 11.7 Å². The summed E-state index contributed by atoms with van der Waals surface area (Å²) < 4.78 is 6.87. The van der Waals surface area contributed by atoms with E-state index in [9.17, 15) is 24.4 Å². The molecule has 0 saturated carbocycles. The Labute approximate surface area is 136 Å². The fourth-order valence-corrected chi connectivity index (χ4v) is 2.42. The Balaban J connectivity index is 1.96. The van der Waals surface area contributed by atoms with E-state index in [0.717, 1.165) is 0 Å². The Morgan fingerprint density at radius 3 is 2.96 bits per heavy atom. The highest BCUT2D eigenvalue weighted by Crippen LogP contribution is 2.29. The standard InChI is InChI=1S/C13H19N5O6/c1-7-6-18(13(22)15-11(7)20)10-5-8(19)9(24-10)3-4-14-12(21)17(2)16-23/h6,8-10,19H,3-5H2,1-2H3,(H,14,21)(H,15,20,22)/t8-,9+,10+/m0/s1. The van der Waals surface area contributed by atoms with E-state index in [1.807, 2.05) is 0 Å². The average molecular weight is 341 g/mol. The lowest BCUT2D eigenvalue weighted by Crippen LogP contribution is -2.36. The van der Waals surface area contributed by atoms with Crippen molar-refractivity contribution in [3.63, 3.8) is 0 Å². The monoisotopic (exact) mass is 341 g/mol. The first-order valence-electron chi connectivity index (χ1n) is 7.34. The van der Waals surface area contributed by atoms with Crippen LogP contribution in [0, 0.1) is 11.8 Å². The molecule has 0 aromatic carbocycles. The second-order valence-electron chi connectivity index (χ2n) is 5.54. The molecule has 3 atom stereocenters. The van der Waals surface area contributed by atoms with Crippen molar-refractivity contribution in [1.29, 1.82) is 0 Å². The van der Waals surface area contributed by atoms with Gasteiger partial charge in [0, 0.05) is 31.8 Å². The highest BCUT2D eigenvalue weighted by Gasteiger charge is 2.35. The summed E-state index contributed by atoms with van der Waals surface area (Å²) in [6, 6.07) is -0.665. The van der Waals surface area contributed by atoms with E-state index in [4.69, 9.17) is 4.74 Å². The van der Waals surface area contributed by atoms with Gasteiger partial charge in [-0.05, 0) is 13.3 Å². The number of urea groups is 1. The molecule has 0 bridgehead atoms. The summed E-state index contributed by atoms with van der Waals surface area (Å²) in [6.07, 6.45) is -0.277. The van der Waals surface area contributed by atoms with Crippen LogP contribution in [-0.2, 0) is 4.74 Å². The number of amides is 2. The van der Waals surface area contributed by atoms with Crippen LogP contribution < -0.4 is 16.6 Å². The molecular weight excluding hydrogens is 322 g/mol. The maximum Gasteiger partial charge on any atom is 0.340 e. The van der Waals surface area contributed by atoms with Crippen LogP contribution in [0.5, 0.6) is 0 Å². The minimum absolute atomic E-state index is 0.159. The van der Waals surface area contributed by atoms with Gasteiger partial charge in [0.1, 0.15) is 6.23 Å². The molecular formula is C13H19N5O6. The topological polar surface area (TPSA) is 146 Å². The lowest BCUT2D eigenvalue weighted by Gasteiger charge is -2.17. The zero-order valence-electron chi connectivity index (χ0n) is 13.3. The normalized spacial score (nSPS) is 23.0. The second kappa shape index (κ2) is 7.36. The summed E-state index contributed by atoms with van der Waals surface area (Å²) in [5.41, 5.74) is -0.731. The van der Waals surface area contributed by atoms with Gasteiger partial charge in [0.05, 0.1) is 17.5 Å². The second-order valence-corrected chi connectivity index (χ2v) is 5.54. The van der Waals surface area contributed by atoms with Gasteiger partial charge in [0.25, 0.3) is 5.56 Å². The van der Waals surface area contributed by atoms with Crippen molar-refractivity contribution in [1.82, 2.24) is 19.9 Å². The van der Waals surface area contributed by atoms with Crippen LogP contribution in [0.25, 0.3) is 0 Å². The average Bonchev–Trinajstić information content (AvgIpc) is 2.90. The molecule has 1 saturated heterocycles. The first-order valence-corrected chi connectivity index (χ1v) is 7.34. The van der Waals surface area contributed by atoms with Gasteiger partial charge in [-0.1, -0.05) is 0 Å². The van der Waals surface area contributed by atoms with Crippen molar-refractivity contribution in [2.75, 3.05) is 13.6 Å². The number of aromatic amines is 1. The zero-order chi connectivity index (χ0) is 17.9. The third-order valence-electron chi connectivity index (χ3n) is 3.78. The lowest BCUT2D eigenvalue weighted by molar-refractivity contribution is -0.0236. The minimum Gasteiger partial charge on any atom is -0.390 e. The van der Waals surface area contributed by atoms with Crippen molar-refractivity contribution in [3.8, 4) is 0 Å². The highest BCUT2D eigenvalue weighted by molar-refractivity contribution is 5.73. The fraction of sp³-hybridized carbons (Fsp3) is 0.615. The van der Waals surface area contributed by atoms with E-state index in [1.54, 1.807) is 6.92 Å². The molecule has 0 unspecified atom stereocenters. The fourth-order valence-electron chi connectivity index (χ4n) is 2.42.